The van der Waals surface area contributed by atoms with Crippen LogP contribution in [0.15, 0.2) is 48.5 Å². The van der Waals surface area contributed by atoms with E-state index >= 15 is 0 Å². The topological polar surface area (TPSA) is 75.7 Å². The van der Waals surface area contributed by atoms with Gasteiger partial charge in [0.05, 0.1) is 5.92 Å². The van der Waals surface area contributed by atoms with E-state index in [1.54, 1.807) is 4.90 Å². The van der Waals surface area contributed by atoms with Crippen LogP contribution in [0.1, 0.15) is 43.7 Å². The van der Waals surface area contributed by atoms with Gasteiger partial charge in [0, 0.05) is 24.3 Å². The van der Waals surface area contributed by atoms with Gasteiger partial charge in [0.25, 0.3) is 5.91 Å². The second kappa shape index (κ2) is 9.57. The van der Waals surface area contributed by atoms with Gasteiger partial charge in [0.1, 0.15) is 0 Å². The molecule has 1 N–H and O–H groups in total. The quantitative estimate of drug-likeness (QED) is 0.702. The van der Waals surface area contributed by atoms with Crippen molar-refractivity contribution in [1.29, 1.82) is 0 Å². The van der Waals surface area contributed by atoms with E-state index in [9.17, 15) is 14.4 Å². The van der Waals surface area contributed by atoms with Crippen molar-refractivity contribution in [3.63, 3.8) is 0 Å². The van der Waals surface area contributed by atoms with Gasteiger partial charge in [-0.1, -0.05) is 43.7 Å². The molecule has 0 bridgehead atoms. The molecule has 6 nitrogen and oxygen atoms in total. The van der Waals surface area contributed by atoms with Crippen molar-refractivity contribution in [2.24, 2.45) is 5.92 Å². The Bertz CT molecular complexity index is 906. The highest BCUT2D eigenvalue weighted by atomic mass is 16.5. The zero-order valence-electron chi connectivity index (χ0n) is 17.7. The lowest BCUT2D eigenvalue weighted by molar-refractivity contribution is -0.151. The van der Waals surface area contributed by atoms with Gasteiger partial charge >= 0.3 is 5.97 Å². The predicted molar refractivity (Wildman–Crippen MR) is 116 cm³/mol. The molecule has 2 atom stereocenters. The predicted octanol–water partition coefficient (Wildman–Crippen LogP) is 4.04. The third kappa shape index (κ3) is 5.26. The van der Waals surface area contributed by atoms with Crippen molar-refractivity contribution in [1.82, 2.24) is 0 Å². The summed E-state index contributed by atoms with van der Waals surface area (Å²) in [6.45, 7) is 6.15. The Morgan fingerprint density at radius 2 is 1.80 bits per heavy atom. The Balaban J connectivity index is 1.48. The number of ether oxygens (including phenoxy) is 1. The minimum atomic E-state index is -0.568. The number of anilines is 2. The molecule has 2 aromatic rings. The summed E-state index contributed by atoms with van der Waals surface area (Å²) in [6.07, 6.45) is 1.14. The van der Waals surface area contributed by atoms with Crippen LogP contribution in [0.25, 0.3) is 0 Å². The van der Waals surface area contributed by atoms with Crippen LogP contribution in [0.2, 0.25) is 0 Å². The summed E-state index contributed by atoms with van der Waals surface area (Å²) >= 11 is 0. The molecule has 1 aliphatic rings. The van der Waals surface area contributed by atoms with E-state index in [-0.39, 0.29) is 25.5 Å². The molecule has 2 amide bonds. The monoisotopic (exact) mass is 408 g/mol. The van der Waals surface area contributed by atoms with Crippen molar-refractivity contribution in [2.75, 3.05) is 23.4 Å². The molecule has 0 spiro atoms. The van der Waals surface area contributed by atoms with Gasteiger partial charge in [-0.05, 0) is 49.1 Å². The maximum atomic E-state index is 12.4. The third-order valence-corrected chi connectivity index (χ3v) is 5.53. The van der Waals surface area contributed by atoms with E-state index in [0.717, 1.165) is 17.7 Å². The van der Waals surface area contributed by atoms with E-state index in [2.05, 4.69) is 19.2 Å². The van der Waals surface area contributed by atoms with E-state index < -0.39 is 17.8 Å². The Kier molecular flexibility index (Phi) is 6.87. The highest BCUT2D eigenvalue weighted by molar-refractivity contribution is 6.00. The molecule has 1 saturated heterocycles. The average molecular weight is 408 g/mol. The first kappa shape index (κ1) is 21.6. The fourth-order valence-electron chi connectivity index (χ4n) is 3.42. The summed E-state index contributed by atoms with van der Waals surface area (Å²) in [6, 6.07) is 15.2. The molecule has 6 heteroatoms. The minimum absolute atomic E-state index is 0.0887. The second-order valence-electron chi connectivity index (χ2n) is 7.83. The fourth-order valence-corrected chi connectivity index (χ4v) is 3.42. The SMILES string of the molecule is CC[C@H](C)c1ccc(NC(=O)COC(=O)[C@H]2CC(=O)N(c3ccc(C)cc3)C2)cc1. The number of aryl methyl sites for hydroxylation is 1. The van der Waals surface area contributed by atoms with Crippen LogP contribution in [0.5, 0.6) is 0 Å². The van der Waals surface area contributed by atoms with Crippen LogP contribution >= 0.6 is 0 Å². The second-order valence-corrected chi connectivity index (χ2v) is 7.83. The van der Waals surface area contributed by atoms with Crippen LogP contribution in [0.4, 0.5) is 11.4 Å². The lowest BCUT2D eigenvalue weighted by Crippen LogP contribution is -2.28. The molecule has 0 unspecified atom stereocenters. The molecule has 30 heavy (non-hydrogen) atoms. The van der Waals surface area contributed by atoms with Gasteiger partial charge in [0.2, 0.25) is 5.91 Å². The zero-order valence-corrected chi connectivity index (χ0v) is 17.7. The molecule has 0 aromatic heterocycles. The minimum Gasteiger partial charge on any atom is -0.455 e. The van der Waals surface area contributed by atoms with Crippen molar-refractivity contribution in [3.05, 3.63) is 59.7 Å². The van der Waals surface area contributed by atoms with Gasteiger partial charge < -0.3 is 15.0 Å². The smallest absolute Gasteiger partial charge is 0.311 e. The lowest BCUT2D eigenvalue weighted by atomic mass is 9.99. The number of esters is 1. The van der Waals surface area contributed by atoms with Crippen molar-refractivity contribution in [2.45, 2.75) is 39.5 Å². The van der Waals surface area contributed by atoms with Crippen LogP contribution < -0.4 is 10.2 Å². The Morgan fingerprint density at radius 3 is 2.43 bits per heavy atom. The molecular weight excluding hydrogens is 380 g/mol. The molecule has 2 aromatic carbocycles. The number of hydrogen-bond donors (Lipinski definition) is 1. The van der Waals surface area contributed by atoms with Gasteiger partial charge in [-0.3, -0.25) is 14.4 Å². The normalized spacial score (nSPS) is 17.0. The first-order valence-corrected chi connectivity index (χ1v) is 10.3. The summed E-state index contributed by atoms with van der Waals surface area (Å²) in [5.74, 6) is -1.16. The molecule has 1 aliphatic heterocycles. The van der Waals surface area contributed by atoms with E-state index in [1.807, 2.05) is 55.5 Å². The molecule has 0 aliphatic carbocycles. The summed E-state index contributed by atoms with van der Waals surface area (Å²) in [5.41, 5.74) is 3.73. The molecule has 3 rings (SSSR count). The highest BCUT2D eigenvalue weighted by Gasteiger charge is 2.36. The van der Waals surface area contributed by atoms with Crippen LogP contribution in [-0.2, 0) is 19.1 Å². The molecule has 0 saturated carbocycles. The number of nitrogens with one attached hydrogen (secondary N) is 1. The summed E-state index contributed by atoms with van der Waals surface area (Å²) in [7, 11) is 0. The standard InChI is InChI=1S/C24H28N2O4/c1-4-17(3)18-7-9-20(10-8-18)25-22(27)15-30-24(29)19-13-23(28)26(14-19)21-11-5-16(2)6-12-21/h5-12,17,19H,4,13-15H2,1-3H3,(H,25,27)/t17-,19-/m0/s1. The van der Waals surface area contributed by atoms with Gasteiger partial charge in [-0.2, -0.15) is 0 Å². The maximum Gasteiger partial charge on any atom is 0.311 e. The number of carbonyl (C=O) groups is 3. The molecule has 0 radical (unpaired) electrons. The van der Waals surface area contributed by atoms with E-state index in [1.165, 1.54) is 5.56 Å². The number of carbonyl (C=O) groups excluding carboxylic acids is 3. The van der Waals surface area contributed by atoms with Gasteiger partial charge in [-0.25, -0.2) is 0 Å². The largest absolute Gasteiger partial charge is 0.455 e. The summed E-state index contributed by atoms with van der Waals surface area (Å²) in [5, 5.41) is 2.73. The third-order valence-electron chi connectivity index (χ3n) is 5.53. The number of rotatable bonds is 7. The van der Waals surface area contributed by atoms with Crippen LogP contribution in [-0.4, -0.2) is 30.9 Å². The Morgan fingerprint density at radius 1 is 1.13 bits per heavy atom. The van der Waals surface area contributed by atoms with Crippen molar-refractivity contribution in [3.8, 4) is 0 Å². The van der Waals surface area contributed by atoms with Gasteiger partial charge in [0.15, 0.2) is 6.61 Å². The fraction of sp³-hybridized carbons (Fsp3) is 0.375. The highest BCUT2D eigenvalue weighted by Crippen LogP contribution is 2.26. The number of benzene rings is 2. The van der Waals surface area contributed by atoms with E-state index in [0.29, 0.717) is 11.6 Å². The van der Waals surface area contributed by atoms with Crippen molar-refractivity contribution >= 4 is 29.2 Å². The van der Waals surface area contributed by atoms with Crippen molar-refractivity contribution < 1.29 is 19.1 Å². The number of nitrogens with zero attached hydrogens (tertiary/aromatic N) is 1. The van der Waals surface area contributed by atoms with Crippen LogP contribution in [0.3, 0.4) is 0 Å². The Hall–Kier alpha value is -3.15. The van der Waals surface area contributed by atoms with Crippen LogP contribution in [0, 0.1) is 12.8 Å². The average Bonchev–Trinajstić information content (AvgIpc) is 3.14. The summed E-state index contributed by atoms with van der Waals surface area (Å²) < 4.78 is 5.16. The number of amides is 2. The summed E-state index contributed by atoms with van der Waals surface area (Å²) in [4.78, 5) is 38.4. The molecule has 158 valence electrons. The first-order chi connectivity index (χ1) is 14.4. The molecular formula is C24H28N2O4. The zero-order chi connectivity index (χ0) is 21.7. The first-order valence-electron chi connectivity index (χ1n) is 10.3. The molecule has 1 heterocycles. The maximum absolute atomic E-state index is 12.4. The lowest BCUT2D eigenvalue weighted by Gasteiger charge is -2.16. The van der Waals surface area contributed by atoms with Gasteiger partial charge in [-0.15, -0.1) is 0 Å². The number of hydrogen-bond acceptors (Lipinski definition) is 4. The Labute approximate surface area is 177 Å². The molecule has 1 fully saturated rings. The van der Waals surface area contributed by atoms with E-state index in [4.69, 9.17) is 4.74 Å².